The van der Waals surface area contributed by atoms with Gasteiger partial charge < -0.3 is 9.64 Å². The summed E-state index contributed by atoms with van der Waals surface area (Å²) in [6.07, 6.45) is 0.228. The highest BCUT2D eigenvalue weighted by Crippen LogP contribution is 2.32. The monoisotopic (exact) mass is 421 g/mol. The van der Waals surface area contributed by atoms with Gasteiger partial charge in [-0.25, -0.2) is 4.68 Å². The van der Waals surface area contributed by atoms with Crippen LogP contribution in [0.2, 0.25) is 10.0 Å². The van der Waals surface area contributed by atoms with Crippen LogP contribution in [0, 0.1) is 18.3 Å². The average molecular weight is 422 g/mol. The molecule has 28 heavy (non-hydrogen) atoms. The van der Waals surface area contributed by atoms with E-state index in [1.165, 1.54) is 4.68 Å². The van der Waals surface area contributed by atoms with Crippen LogP contribution in [0.15, 0.2) is 18.2 Å². The van der Waals surface area contributed by atoms with Crippen molar-refractivity contribution in [3.05, 3.63) is 39.6 Å². The lowest BCUT2D eigenvalue weighted by molar-refractivity contribution is -0.117. The molecule has 1 aliphatic heterocycles. The summed E-state index contributed by atoms with van der Waals surface area (Å²) in [5.74, 6) is 0.630. The number of anilines is 1. The van der Waals surface area contributed by atoms with Crippen molar-refractivity contribution in [3.63, 3.8) is 0 Å². The fraction of sp³-hybridized carbons (Fsp3) is 0.421. The SMILES string of the molecule is COc1cc(N2CCN(C(C=O)n3nc(C#N)c(Cl)c3C)[C@@H](C)C2)ccc1Cl. The van der Waals surface area contributed by atoms with E-state index in [4.69, 9.17) is 33.2 Å². The van der Waals surface area contributed by atoms with Gasteiger partial charge in [-0.2, -0.15) is 10.4 Å². The quantitative estimate of drug-likeness (QED) is 0.689. The lowest BCUT2D eigenvalue weighted by Gasteiger charge is -2.43. The van der Waals surface area contributed by atoms with Gasteiger partial charge >= 0.3 is 0 Å². The van der Waals surface area contributed by atoms with Crippen LogP contribution in [0.3, 0.4) is 0 Å². The van der Waals surface area contributed by atoms with Gasteiger partial charge in [0.05, 0.1) is 22.8 Å². The molecule has 1 fully saturated rings. The number of nitriles is 1. The summed E-state index contributed by atoms with van der Waals surface area (Å²) < 4.78 is 6.84. The van der Waals surface area contributed by atoms with Crippen LogP contribution in [0.5, 0.6) is 5.75 Å². The summed E-state index contributed by atoms with van der Waals surface area (Å²) in [5.41, 5.74) is 1.75. The summed E-state index contributed by atoms with van der Waals surface area (Å²) in [7, 11) is 1.59. The van der Waals surface area contributed by atoms with Crippen molar-refractivity contribution >= 4 is 35.2 Å². The number of carbonyl (C=O) groups is 1. The number of methoxy groups -OCH3 is 1. The van der Waals surface area contributed by atoms with Crippen molar-refractivity contribution in [2.24, 2.45) is 0 Å². The third kappa shape index (κ3) is 3.68. The van der Waals surface area contributed by atoms with E-state index >= 15 is 0 Å². The van der Waals surface area contributed by atoms with Crippen LogP contribution >= 0.6 is 23.2 Å². The number of aromatic nitrogens is 2. The molecule has 148 valence electrons. The van der Waals surface area contributed by atoms with Crippen LogP contribution < -0.4 is 9.64 Å². The van der Waals surface area contributed by atoms with Crippen molar-refractivity contribution in [2.75, 3.05) is 31.6 Å². The zero-order valence-corrected chi connectivity index (χ0v) is 17.4. The fourth-order valence-corrected chi connectivity index (χ4v) is 3.91. The third-order valence-corrected chi connectivity index (χ3v) is 5.84. The molecule has 2 atom stereocenters. The molecule has 1 saturated heterocycles. The molecule has 0 radical (unpaired) electrons. The van der Waals surface area contributed by atoms with Gasteiger partial charge in [0.1, 0.15) is 11.8 Å². The minimum absolute atomic E-state index is 0.0681. The first-order valence-electron chi connectivity index (χ1n) is 8.85. The third-order valence-electron chi connectivity index (χ3n) is 5.07. The minimum atomic E-state index is -0.614. The maximum Gasteiger partial charge on any atom is 0.181 e. The first-order chi connectivity index (χ1) is 13.4. The van der Waals surface area contributed by atoms with Crippen LogP contribution in [0.4, 0.5) is 5.69 Å². The summed E-state index contributed by atoms with van der Waals surface area (Å²) in [6.45, 7) is 5.90. The number of hydrogen-bond acceptors (Lipinski definition) is 6. The maximum atomic E-state index is 11.9. The van der Waals surface area contributed by atoms with Gasteiger partial charge in [0, 0.05) is 37.4 Å². The Bertz CT molecular complexity index is 924. The van der Waals surface area contributed by atoms with E-state index in [9.17, 15) is 4.79 Å². The zero-order valence-electron chi connectivity index (χ0n) is 15.9. The van der Waals surface area contributed by atoms with Gasteiger partial charge in [-0.1, -0.05) is 23.2 Å². The molecule has 2 aromatic rings. The molecule has 0 N–H and O–H groups in total. The second-order valence-electron chi connectivity index (χ2n) is 6.71. The lowest BCUT2D eigenvalue weighted by Crippen LogP contribution is -2.54. The molecular formula is C19H21Cl2N5O2. The molecule has 0 bridgehead atoms. The van der Waals surface area contributed by atoms with E-state index in [0.717, 1.165) is 18.5 Å². The number of carbonyl (C=O) groups excluding carboxylic acids is 1. The second kappa shape index (κ2) is 8.39. The smallest absolute Gasteiger partial charge is 0.181 e. The Balaban J connectivity index is 1.81. The van der Waals surface area contributed by atoms with E-state index in [-0.39, 0.29) is 16.8 Å². The molecule has 1 aromatic carbocycles. The van der Waals surface area contributed by atoms with Crippen molar-refractivity contribution in [1.82, 2.24) is 14.7 Å². The zero-order chi connectivity index (χ0) is 20.4. The highest BCUT2D eigenvalue weighted by atomic mass is 35.5. The predicted molar refractivity (Wildman–Crippen MR) is 108 cm³/mol. The van der Waals surface area contributed by atoms with Gasteiger partial charge in [0.15, 0.2) is 18.1 Å². The van der Waals surface area contributed by atoms with Gasteiger partial charge in [-0.05, 0) is 26.0 Å². The lowest BCUT2D eigenvalue weighted by atomic mass is 10.1. The molecule has 9 heteroatoms. The van der Waals surface area contributed by atoms with E-state index in [0.29, 0.717) is 29.6 Å². The average Bonchev–Trinajstić information content (AvgIpc) is 2.98. The molecular weight excluding hydrogens is 401 g/mol. The Kier molecular flexibility index (Phi) is 6.14. The van der Waals surface area contributed by atoms with Crippen LogP contribution in [0.25, 0.3) is 0 Å². The molecule has 0 amide bonds. The Labute approximate surface area is 174 Å². The van der Waals surface area contributed by atoms with E-state index in [1.54, 1.807) is 14.0 Å². The van der Waals surface area contributed by atoms with Gasteiger partial charge in [-0.15, -0.1) is 0 Å². The summed E-state index contributed by atoms with van der Waals surface area (Å²) in [6, 6.07) is 7.73. The summed E-state index contributed by atoms with van der Waals surface area (Å²) >= 11 is 12.3. The number of ether oxygens (including phenoxy) is 1. The van der Waals surface area contributed by atoms with Crippen molar-refractivity contribution in [1.29, 1.82) is 5.26 Å². The van der Waals surface area contributed by atoms with Gasteiger partial charge in [0.25, 0.3) is 0 Å². The number of aldehydes is 1. The van der Waals surface area contributed by atoms with Crippen molar-refractivity contribution < 1.29 is 9.53 Å². The summed E-state index contributed by atoms with van der Waals surface area (Å²) in [5, 5.41) is 14.2. The number of nitrogens with zero attached hydrogens (tertiary/aromatic N) is 5. The number of rotatable bonds is 5. The molecule has 2 heterocycles. The van der Waals surface area contributed by atoms with E-state index in [1.807, 2.05) is 24.3 Å². The molecule has 7 nitrogen and oxygen atoms in total. The van der Waals surface area contributed by atoms with Crippen LogP contribution in [-0.2, 0) is 4.79 Å². The molecule has 1 unspecified atom stereocenters. The maximum absolute atomic E-state index is 11.9. The second-order valence-corrected chi connectivity index (χ2v) is 7.49. The van der Waals surface area contributed by atoms with Crippen LogP contribution in [-0.4, -0.2) is 53.8 Å². The number of hydrogen-bond donors (Lipinski definition) is 0. The normalized spacial score (nSPS) is 18.6. The van der Waals surface area contributed by atoms with Crippen LogP contribution in [0.1, 0.15) is 24.5 Å². The van der Waals surface area contributed by atoms with Crippen molar-refractivity contribution in [3.8, 4) is 11.8 Å². The topological polar surface area (TPSA) is 74.4 Å². The Morgan fingerprint density at radius 3 is 2.71 bits per heavy atom. The summed E-state index contributed by atoms with van der Waals surface area (Å²) in [4.78, 5) is 16.2. The highest BCUT2D eigenvalue weighted by molar-refractivity contribution is 6.32. The van der Waals surface area contributed by atoms with Gasteiger partial charge in [-0.3, -0.25) is 9.69 Å². The Morgan fingerprint density at radius 1 is 1.39 bits per heavy atom. The molecule has 0 aliphatic carbocycles. The predicted octanol–water partition coefficient (Wildman–Crippen LogP) is 3.29. The highest BCUT2D eigenvalue weighted by Gasteiger charge is 2.32. The Morgan fingerprint density at radius 2 is 2.14 bits per heavy atom. The Hall–Kier alpha value is -2.27. The molecule has 0 saturated carbocycles. The number of piperazine rings is 1. The molecule has 1 aromatic heterocycles. The molecule has 1 aliphatic rings. The first-order valence-corrected chi connectivity index (χ1v) is 9.61. The number of halogens is 2. The van der Waals surface area contributed by atoms with Gasteiger partial charge in [0.2, 0.25) is 0 Å². The number of benzene rings is 1. The first kappa shape index (κ1) is 20.5. The molecule has 3 rings (SSSR count). The minimum Gasteiger partial charge on any atom is -0.495 e. The van der Waals surface area contributed by atoms with E-state index in [2.05, 4.69) is 21.8 Å². The van der Waals surface area contributed by atoms with E-state index < -0.39 is 6.17 Å². The largest absolute Gasteiger partial charge is 0.495 e. The standard InChI is InChI=1S/C19H21Cl2N5O2/c1-12-10-24(14-4-5-15(20)17(8-14)28-3)6-7-25(12)18(11-27)26-13(2)19(21)16(9-22)23-26/h4-5,8,11-12,18H,6-7,10H2,1-3H3/t12-,18?/m0/s1. The van der Waals surface area contributed by atoms with Crippen molar-refractivity contribution in [2.45, 2.75) is 26.1 Å². The molecule has 0 spiro atoms. The fourth-order valence-electron chi connectivity index (χ4n) is 3.55.